The number of rotatable bonds is 0. The van der Waals surface area contributed by atoms with Gasteiger partial charge in [0.2, 0.25) is 0 Å². The van der Waals surface area contributed by atoms with Crippen molar-refractivity contribution in [1.29, 1.82) is 0 Å². The van der Waals surface area contributed by atoms with Gasteiger partial charge in [-0.3, -0.25) is 0 Å². The van der Waals surface area contributed by atoms with Crippen LogP contribution >= 0.6 is 0 Å². The van der Waals surface area contributed by atoms with Crippen LogP contribution in [0.3, 0.4) is 0 Å². The van der Waals surface area contributed by atoms with E-state index in [9.17, 15) is 0 Å². The maximum Gasteiger partial charge on any atom is 3.00 e. The molecule has 0 aromatic rings. The summed E-state index contributed by atoms with van der Waals surface area (Å²) in [5.41, 5.74) is 7.06. The van der Waals surface area contributed by atoms with Gasteiger partial charge in [-0.25, -0.2) is 0 Å². The van der Waals surface area contributed by atoms with Gasteiger partial charge in [-0.2, -0.15) is 0 Å². The van der Waals surface area contributed by atoms with Gasteiger partial charge in [0.15, 0.2) is 0 Å². The van der Waals surface area contributed by atoms with Crippen molar-refractivity contribution in [2.45, 2.75) is 16.4 Å². The molecule has 5 heavy (non-hydrogen) atoms. The largest absolute Gasteiger partial charge is 3.00 e. The molecule has 0 saturated heterocycles. The second kappa shape index (κ2) is 5.51. The summed E-state index contributed by atoms with van der Waals surface area (Å²) in [6.07, 6.45) is 0. The van der Waals surface area contributed by atoms with Gasteiger partial charge >= 0.3 is 58.5 Å². The monoisotopic (exact) mass is 229 g/mol. The quantitative estimate of drug-likeness (QED) is 0.544. The molecule has 0 aliphatic carbocycles. The van der Waals surface area contributed by atoms with Crippen LogP contribution < -0.4 is 0 Å². The van der Waals surface area contributed by atoms with Gasteiger partial charge in [-0.05, 0) is 0 Å². The third-order valence-corrected chi connectivity index (χ3v) is 0. The van der Waals surface area contributed by atoms with E-state index in [4.69, 9.17) is 0 Å². The molecule has 0 unspecified atom stereocenters. The molecule has 0 nitrogen and oxygen atoms in total. The molecular weight excluding hydrogens is 221 g/mol. The summed E-state index contributed by atoms with van der Waals surface area (Å²) >= 11 is -0.479. The van der Waals surface area contributed by atoms with Crippen molar-refractivity contribution in [2.24, 2.45) is 0 Å². The average molecular weight is 230 g/mol. The van der Waals surface area contributed by atoms with Crippen molar-refractivity contribution in [3.05, 3.63) is 0 Å². The van der Waals surface area contributed by atoms with Crippen LogP contribution in [-0.4, -0.2) is 42.1 Å². The van der Waals surface area contributed by atoms with Gasteiger partial charge < -0.3 is 0 Å². The molecule has 2 heteroatoms. The van der Waals surface area contributed by atoms with Crippen LogP contribution in [-0.2, 0) is 0 Å². The minimum Gasteiger partial charge on any atom is 3.00 e. The molecule has 0 rings (SSSR count). The Hall–Kier alpha value is 1.51. The minimum atomic E-state index is -0.479. The van der Waals surface area contributed by atoms with Crippen LogP contribution in [0, 0.1) is 0 Å². The SMILES string of the molecule is [CH3][Ga]([CH3])[CH3].[In+3]. The predicted octanol–water partition coefficient (Wildman–Crippen LogP) is 0.990. The normalized spacial score (nSPS) is 5.40. The molecule has 0 heterocycles. The van der Waals surface area contributed by atoms with Crippen LogP contribution in [0.5, 0.6) is 0 Å². The molecule has 0 saturated carbocycles. The van der Waals surface area contributed by atoms with Crippen molar-refractivity contribution in [2.75, 3.05) is 0 Å². The standard InChI is InChI=1S/3CH3.Ga.In/h3*1H3;;/q;;;;+3. The summed E-state index contributed by atoms with van der Waals surface area (Å²) in [7, 11) is 0. The minimum absolute atomic E-state index is 0. The second-order valence-corrected chi connectivity index (χ2v) is 9.00. The molecule has 0 bridgehead atoms. The zero-order chi connectivity index (χ0) is 3.58. The van der Waals surface area contributed by atoms with Crippen molar-refractivity contribution >= 4 is 42.1 Å². The van der Waals surface area contributed by atoms with E-state index in [1.165, 1.54) is 0 Å². The summed E-state index contributed by atoms with van der Waals surface area (Å²) < 4.78 is 0. The van der Waals surface area contributed by atoms with Crippen molar-refractivity contribution < 1.29 is 0 Å². The van der Waals surface area contributed by atoms with Crippen molar-refractivity contribution in [1.82, 2.24) is 0 Å². The molecule has 0 aromatic heterocycles. The smallest absolute Gasteiger partial charge is 3.00 e. The Kier molecular flexibility index (Phi) is 10.7. The summed E-state index contributed by atoms with van der Waals surface area (Å²) in [6, 6.07) is 0. The maximum atomic E-state index is 2.35. The Balaban J connectivity index is 0. The van der Waals surface area contributed by atoms with Crippen LogP contribution in [0.25, 0.3) is 0 Å². The summed E-state index contributed by atoms with van der Waals surface area (Å²) in [5.74, 6) is 0. The summed E-state index contributed by atoms with van der Waals surface area (Å²) in [4.78, 5) is 0. The zero-order valence-corrected chi connectivity index (χ0v) is 9.87. The Morgan fingerprint density at radius 2 is 1.00 bits per heavy atom. The van der Waals surface area contributed by atoms with Crippen LogP contribution in [0.1, 0.15) is 0 Å². The van der Waals surface area contributed by atoms with E-state index in [-0.39, 0.29) is 25.8 Å². The Bertz CT molecular complexity index is 11.6. The van der Waals surface area contributed by atoms with E-state index in [2.05, 4.69) is 16.4 Å². The average Bonchev–Trinajstić information content (AvgIpc) is 0.811. The molecule has 0 radical (unpaired) electrons. The number of hydrogen-bond donors (Lipinski definition) is 0. The van der Waals surface area contributed by atoms with Gasteiger partial charge in [0.1, 0.15) is 0 Å². The van der Waals surface area contributed by atoms with Gasteiger partial charge in [-0.15, -0.1) is 0 Å². The van der Waals surface area contributed by atoms with E-state index in [1.807, 2.05) is 0 Å². The third-order valence-electron chi connectivity index (χ3n) is 0. The first-order valence-corrected chi connectivity index (χ1v) is 9.00. The topological polar surface area (TPSA) is 0 Å². The van der Waals surface area contributed by atoms with E-state index >= 15 is 0 Å². The van der Waals surface area contributed by atoms with E-state index < -0.39 is 16.2 Å². The molecule has 0 aliphatic heterocycles. The molecule has 0 amide bonds. The van der Waals surface area contributed by atoms with E-state index in [1.54, 1.807) is 0 Å². The predicted molar refractivity (Wildman–Crippen MR) is 29.1 cm³/mol. The summed E-state index contributed by atoms with van der Waals surface area (Å²) in [6.45, 7) is 0. The number of hydrogen-bond acceptors (Lipinski definition) is 0. The van der Waals surface area contributed by atoms with Crippen molar-refractivity contribution in [3.8, 4) is 0 Å². The molecular formula is C3H9GaIn+3. The van der Waals surface area contributed by atoms with Gasteiger partial charge in [0.05, 0.1) is 0 Å². The Morgan fingerprint density at radius 3 is 1.00 bits per heavy atom. The first-order chi connectivity index (χ1) is 1.73. The third kappa shape index (κ3) is 29.8. The fraction of sp³-hybridized carbons (Fsp3) is 1.00. The maximum absolute atomic E-state index is 2.35. The second-order valence-electron chi connectivity index (χ2n) is 1.73. The Labute approximate surface area is 58.2 Å². The molecule has 24 valence electrons. The first-order valence-electron chi connectivity index (χ1n) is 1.73. The molecule has 0 N–H and O–H groups in total. The van der Waals surface area contributed by atoms with Crippen LogP contribution in [0.15, 0.2) is 0 Å². The Morgan fingerprint density at radius 1 is 1.00 bits per heavy atom. The molecule has 0 aromatic carbocycles. The fourth-order valence-electron chi connectivity index (χ4n) is 0. The zero-order valence-electron chi connectivity index (χ0n) is 4.15. The first kappa shape index (κ1) is 9.71. The molecule has 0 atom stereocenters. The van der Waals surface area contributed by atoms with E-state index in [0.717, 1.165) is 0 Å². The fourth-order valence-corrected chi connectivity index (χ4v) is 0. The van der Waals surface area contributed by atoms with E-state index in [0.29, 0.717) is 0 Å². The van der Waals surface area contributed by atoms with Crippen LogP contribution in [0.2, 0.25) is 16.4 Å². The molecule has 0 aliphatic rings. The molecule has 0 fully saturated rings. The van der Waals surface area contributed by atoms with Crippen LogP contribution in [0.4, 0.5) is 0 Å². The molecule has 0 spiro atoms. The van der Waals surface area contributed by atoms with Gasteiger partial charge in [0.25, 0.3) is 0 Å². The summed E-state index contributed by atoms with van der Waals surface area (Å²) in [5, 5.41) is 0. The van der Waals surface area contributed by atoms with Crippen molar-refractivity contribution in [3.63, 3.8) is 0 Å². The van der Waals surface area contributed by atoms with Gasteiger partial charge in [-0.1, -0.05) is 0 Å². The van der Waals surface area contributed by atoms with Gasteiger partial charge in [0, 0.05) is 0 Å².